The van der Waals surface area contributed by atoms with Crippen molar-refractivity contribution in [3.63, 3.8) is 0 Å². The van der Waals surface area contributed by atoms with Gasteiger partial charge in [-0.05, 0) is 48.7 Å². The van der Waals surface area contributed by atoms with Gasteiger partial charge in [-0.2, -0.15) is 5.26 Å². The summed E-state index contributed by atoms with van der Waals surface area (Å²) < 4.78 is 17.7. The van der Waals surface area contributed by atoms with Crippen molar-refractivity contribution in [3.8, 4) is 28.7 Å². The highest BCUT2D eigenvalue weighted by atomic mass is 16.7. The maximum absolute atomic E-state index is 12.5. The maximum atomic E-state index is 12.5. The molecule has 168 valence electrons. The van der Waals surface area contributed by atoms with Gasteiger partial charge in [-0.1, -0.05) is 18.2 Å². The van der Waals surface area contributed by atoms with E-state index in [9.17, 15) is 9.59 Å². The van der Waals surface area contributed by atoms with Crippen molar-refractivity contribution >= 4 is 11.9 Å². The first-order valence-electron chi connectivity index (χ1n) is 10.4. The molecule has 0 unspecified atom stereocenters. The third kappa shape index (κ3) is 4.26. The van der Waals surface area contributed by atoms with Crippen molar-refractivity contribution in [1.29, 1.82) is 5.26 Å². The molecular formula is C25H23N3O5. The van der Waals surface area contributed by atoms with Crippen molar-refractivity contribution in [1.82, 2.24) is 4.57 Å². The first kappa shape index (κ1) is 22.0. The monoisotopic (exact) mass is 445 g/mol. The molecule has 8 nitrogen and oxygen atoms in total. The van der Waals surface area contributed by atoms with Gasteiger partial charge in [0, 0.05) is 23.5 Å². The highest BCUT2D eigenvalue weighted by Gasteiger charge is 2.26. The standard InChI is InChI=1S/C25H23N3O5/c1-15-23(25(27)30)24(18-6-3-16(12-26)4-7-18)19(8-10-22(29)31-2)28(15)13-17-5-9-20-21(11-17)33-14-32-20/h3-7,9,11H,8,10,13-14H2,1-2H3,(H2,27,30). The van der Waals surface area contributed by atoms with Crippen molar-refractivity contribution < 1.29 is 23.8 Å². The van der Waals surface area contributed by atoms with Crippen molar-refractivity contribution in [2.24, 2.45) is 5.73 Å². The number of rotatable bonds is 7. The number of hydrogen-bond donors (Lipinski definition) is 1. The number of nitrogens with two attached hydrogens (primary N) is 1. The molecule has 0 saturated heterocycles. The van der Waals surface area contributed by atoms with Crippen LogP contribution in [0.3, 0.4) is 0 Å². The first-order chi connectivity index (χ1) is 15.9. The second kappa shape index (κ2) is 9.09. The van der Waals surface area contributed by atoms with Gasteiger partial charge in [0.1, 0.15) is 0 Å². The Morgan fingerprint density at radius 3 is 2.55 bits per heavy atom. The SMILES string of the molecule is COC(=O)CCc1c(-c2ccc(C#N)cc2)c(C(N)=O)c(C)n1Cc1ccc2c(c1)OCO2. The van der Waals surface area contributed by atoms with Crippen molar-refractivity contribution in [2.45, 2.75) is 26.3 Å². The smallest absolute Gasteiger partial charge is 0.305 e. The summed E-state index contributed by atoms with van der Waals surface area (Å²) in [6.45, 7) is 2.46. The lowest BCUT2D eigenvalue weighted by molar-refractivity contribution is -0.140. The van der Waals surface area contributed by atoms with E-state index < -0.39 is 5.91 Å². The molecule has 1 aliphatic rings. The quantitative estimate of drug-likeness (QED) is 0.558. The molecule has 1 aliphatic heterocycles. The Morgan fingerprint density at radius 1 is 1.15 bits per heavy atom. The molecule has 2 heterocycles. The van der Waals surface area contributed by atoms with E-state index in [1.165, 1.54) is 7.11 Å². The zero-order valence-corrected chi connectivity index (χ0v) is 18.4. The molecule has 0 bridgehead atoms. The maximum Gasteiger partial charge on any atom is 0.305 e. The minimum absolute atomic E-state index is 0.141. The number of ether oxygens (including phenoxy) is 3. The highest BCUT2D eigenvalue weighted by Crippen LogP contribution is 2.36. The average molecular weight is 445 g/mol. The summed E-state index contributed by atoms with van der Waals surface area (Å²) >= 11 is 0. The molecule has 2 aromatic carbocycles. The van der Waals surface area contributed by atoms with Crippen molar-refractivity contribution in [3.05, 3.63) is 70.5 Å². The van der Waals surface area contributed by atoms with Crippen LogP contribution in [0.15, 0.2) is 42.5 Å². The zero-order valence-electron chi connectivity index (χ0n) is 18.4. The lowest BCUT2D eigenvalue weighted by atomic mass is 9.97. The molecule has 0 atom stereocenters. The second-order valence-electron chi connectivity index (χ2n) is 7.69. The molecule has 33 heavy (non-hydrogen) atoms. The fourth-order valence-corrected chi connectivity index (χ4v) is 4.14. The average Bonchev–Trinajstić information content (AvgIpc) is 3.39. The topological polar surface area (TPSA) is 117 Å². The van der Waals surface area contributed by atoms with Gasteiger partial charge in [-0.15, -0.1) is 0 Å². The summed E-state index contributed by atoms with van der Waals surface area (Å²) in [5.41, 5.74) is 10.5. The Balaban J connectivity index is 1.85. The van der Waals surface area contributed by atoms with E-state index in [4.69, 9.17) is 25.2 Å². The Bertz CT molecular complexity index is 1270. The number of esters is 1. The van der Waals surface area contributed by atoms with E-state index in [1.54, 1.807) is 24.3 Å². The molecule has 0 spiro atoms. The summed E-state index contributed by atoms with van der Waals surface area (Å²) in [5, 5.41) is 9.15. The number of aromatic nitrogens is 1. The fourth-order valence-electron chi connectivity index (χ4n) is 4.14. The molecule has 8 heteroatoms. The molecule has 3 aromatic rings. The van der Waals surface area contributed by atoms with E-state index in [0.717, 1.165) is 16.8 Å². The number of primary amides is 1. The predicted molar refractivity (Wildman–Crippen MR) is 120 cm³/mol. The molecule has 4 rings (SSSR count). The van der Waals surface area contributed by atoms with E-state index in [2.05, 4.69) is 6.07 Å². The number of amides is 1. The van der Waals surface area contributed by atoms with Crippen LogP contribution >= 0.6 is 0 Å². The van der Waals surface area contributed by atoms with E-state index in [1.807, 2.05) is 29.7 Å². The van der Waals surface area contributed by atoms with Gasteiger partial charge < -0.3 is 24.5 Å². The van der Waals surface area contributed by atoms with Crippen LogP contribution < -0.4 is 15.2 Å². The van der Waals surface area contributed by atoms with Crippen LogP contribution in [0.2, 0.25) is 0 Å². The largest absolute Gasteiger partial charge is 0.469 e. The summed E-state index contributed by atoms with van der Waals surface area (Å²) in [5.74, 6) is 0.436. The van der Waals surface area contributed by atoms with E-state index in [0.29, 0.717) is 46.8 Å². The minimum Gasteiger partial charge on any atom is -0.469 e. The minimum atomic E-state index is -0.560. The van der Waals surface area contributed by atoms with Gasteiger partial charge in [0.2, 0.25) is 6.79 Å². The van der Waals surface area contributed by atoms with Crippen LogP contribution in [0.5, 0.6) is 11.5 Å². The van der Waals surface area contributed by atoms with Gasteiger partial charge in [0.25, 0.3) is 5.91 Å². The van der Waals surface area contributed by atoms with Gasteiger partial charge in [0.15, 0.2) is 11.5 Å². The number of methoxy groups -OCH3 is 1. The zero-order chi connectivity index (χ0) is 23.5. The van der Waals surface area contributed by atoms with Gasteiger partial charge in [-0.25, -0.2) is 0 Å². The molecule has 2 N–H and O–H groups in total. The fraction of sp³-hybridized carbons (Fsp3) is 0.240. The lowest BCUT2D eigenvalue weighted by Gasteiger charge is -2.14. The summed E-state index contributed by atoms with van der Waals surface area (Å²) in [4.78, 5) is 24.5. The van der Waals surface area contributed by atoms with Gasteiger partial charge in [0.05, 0.1) is 30.7 Å². The molecule has 0 fully saturated rings. The molecule has 1 amide bonds. The molecule has 0 radical (unpaired) electrons. The predicted octanol–water partition coefficient (Wildman–Crippen LogP) is 3.32. The van der Waals surface area contributed by atoms with Crippen LogP contribution in [-0.4, -0.2) is 30.3 Å². The third-order valence-electron chi connectivity index (χ3n) is 5.75. The van der Waals surface area contributed by atoms with Crippen LogP contribution in [0.4, 0.5) is 0 Å². The number of fused-ring (bicyclic) bond motifs is 1. The Hall–Kier alpha value is -4.25. The first-order valence-corrected chi connectivity index (χ1v) is 10.4. The van der Waals surface area contributed by atoms with Gasteiger partial charge >= 0.3 is 5.97 Å². The number of nitrogens with zero attached hydrogens (tertiary/aromatic N) is 2. The Morgan fingerprint density at radius 2 is 1.88 bits per heavy atom. The molecule has 0 saturated carbocycles. The normalized spacial score (nSPS) is 11.8. The van der Waals surface area contributed by atoms with Crippen LogP contribution in [0, 0.1) is 18.3 Å². The van der Waals surface area contributed by atoms with Crippen LogP contribution in [-0.2, 0) is 22.5 Å². The van der Waals surface area contributed by atoms with E-state index >= 15 is 0 Å². The number of benzene rings is 2. The summed E-state index contributed by atoms with van der Waals surface area (Å²) in [7, 11) is 1.34. The number of nitriles is 1. The summed E-state index contributed by atoms with van der Waals surface area (Å²) in [6, 6.07) is 14.7. The summed E-state index contributed by atoms with van der Waals surface area (Å²) in [6.07, 6.45) is 0.489. The number of hydrogen-bond acceptors (Lipinski definition) is 6. The number of carbonyl (C=O) groups excluding carboxylic acids is 2. The second-order valence-corrected chi connectivity index (χ2v) is 7.69. The molecule has 0 aliphatic carbocycles. The van der Waals surface area contributed by atoms with Crippen LogP contribution in [0.25, 0.3) is 11.1 Å². The van der Waals surface area contributed by atoms with Gasteiger partial charge in [-0.3, -0.25) is 9.59 Å². The number of carbonyl (C=O) groups is 2. The van der Waals surface area contributed by atoms with Crippen molar-refractivity contribution in [2.75, 3.05) is 13.9 Å². The third-order valence-corrected chi connectivity index (χ3v) is 5.75. The highest BCUT2D eigenvalue weighted by molar-refractivity contribution is 6.02. The Labute approximate surface area is 191 Å². The Kier molecular flexibility index (Phi) is 6.05. The molecule has 1 aromatic heterocycles. The van der Waals surface area contributed by atoms with E-state index in [-0.39, 0.29) is 19.2 Å². The van der Waals surface area contributed by atoms with Crippen LogP contribution in [0.1, 0.15) is 39.3 Å². The lowest BCUT2D eigenvalue weighted by Crippen LogP contribution is -2.13. The molecular weight excluding hydrogens is 422 g/mol.